The average molecular weight is 698 g/mol. The van der Waals surface area contributed by atoms with E-state index in [1.807, 2.05) is 72.3 Å². The molecule has 6 rings (SSSR count). The Labute approximate surface area is 294 Å². The largest absolute Gasteiger partial charge is 0.497 e. The number of nitrogens with zero attached hydrogens (tertiary/aromatic N) is 6. The van der Waals surface area contributed by atoms with Crippen molar-refractivity contribution in [3.8, 4) is 17.0 Å². The van der Waals surface area contributed by atoms with Gasteiger partial charge in [-0.3, -0.25) is 4.79 Å². The van der Waals surface area contributed by atoms with Gasteiger partial charge in [0, 0.05) is 30.3 Å². The summed E-state index contributed by atoms with van der Waals surface area (Å²) >= 11 is 5.84. The first-order chi connectivity index (χ1) is 24.3. The van der Waals surface area contributed by atoms with Gasteiger partial charge in [0.1, 0.15) is 18.2 Å². The zero-order chi connectivity index (χ0) is 35.0. The number of aromatic nitrogens is 5. The van der Waals surface area contributed by atoms with Crippen LogP contribution in [-0.4, -0.2) is 68.2 Å². The Hall–Kier alpha value is -5.36. The summed E-state index contributed by atoms with van der Waals surface area (Å²) < 4.78 is 26.9. The molecule has 2 aromatic carbocycles. The molecule has 0 spiro atoms. The summed E-state index contributed by atoms with van der Waals surface area (Å²) in [4.78, 5) is 32.2. The van der Waals surface area contributed by atoms with Crippen LogP contribution < -0.4 is 10.1 Å². The smallest absolute Gasteiger partial charge is 0.416 e. The number of halogens is 2. The van der Waals surface area contributed by atoms with Crippen molar-refractivity contribution in [3.05, 3.63) is 119 Å². The Morgan fingerprint density at radius 1 is 1.06 bits per heavy atom. The highest BCUT2D eigenvalue weighted by Crippen LogP contribution is 2.27. The Kier molecular flexibility index (Phi) is 11.0. The molecule has 2 atom stereocenters. The van der Waals surface area contributed by atoms with E-state index in [1.54, 1.807) is 19.5 Å². The first-order valence-corrected chi connectivity index (χ1v) is 16.7. The number of cyclic esters (lactones) is 1. The molecule has 1 aliphatic heterocycles. The average Bonchev–Trinajstić information content (AvgIpc) is 3.70. The number of aryl methyl sites for hydroxylation is 1. The number of hydrogen-bond acceptors (Lipinski definition) is 9. The summed E-state index contributed by atoms with van der Waals surface area (Å²) in [5.41, 5.74) is 5.09. The molecule has 1 N–H and O–H groups in total. The summed E-state index contributed by atoms with van der Waals surface area (Å²) in [5.74, 6) is -0.128. The first-order valence-electron chi connectivity index (χ1n) is 16.3. The molecule has 0 radical (unpaired) electrons. The summed E-state index contributed by atoms with van der Waals surface area (Å²) in [6, 6.07) is 20.2. The van der Waals surface area contributed by atoms with Gasteiger partial charge in [-0.15, -0.1) is 0 Å². The second-order valence-corrected chi connectivity index (χ2v) is 12.6. The van der Waals surface area contributed by atoms with Gasteiger partial charge in [-0.05, 0) is 73.1 Å². The number of benzene rings is 2. The van der Waals surface area contributed by atoms with Crippen LogP contribution in [0.1, 0.15) is 35.1 Å². The van der Waals surface area contributed by atoms with Crippen molar-refractivity contribution in [1.29, 1.82) is 0 Å². The normalized spacial score (nSPS) is 14.8. The van der Waals surface area contributed by atoms with Crippen molar-refractivity contribution in [2.24, 2.45) is 5.92 Å². The van der Waals surface area contributed by atoms with Crippen LogP contribution in [0, 0.1) is 18.7 Å². The predicted octanol–water partition coefficient (Wildman–Crippen LogP) is 6.53. The molecule has 50 heavy (non-hydrogen) atoms. The number of anilines is 1. The van der Waals surface area contributed by atoms with Gasteiger partial charge in [-0.25, -0.2) is 23.8 Å². The third kappa shape index (κ3) is 8.25. The summed E-state index contributed by atoms with van der Waals surface area (Å²) in [5, 5.41) is 16.2. The molecule has 13 heteroatoms. The lowest BCUT2D eigenvalue weighted by molar-refractivity contribution is -0.133. The van der Waals surface area contributed by atoms with Crippen LogP contribution in [0.4, 0.5) is 15.0 Å². The van der Waals surface area contributed by atoms with Crippen molar-refractivity contribution in [2.45, 2.75) is 45.2 Å². The standard InChI is InChI=1S/C37H37ClFN7O4/c1-24-19-42-43-21-31(24)33-18-34(45(44-33)22-26-10-12-30(49-2)13-11-26)40-14-6-9-28(15-27-17-32(39)35(38)41-20-27)36(47)46-29(23-50-37(46)48)16-25-7-4-3-5-8-25/h3-5,7-8,10-13,17-21,28-29,40H,6,9,14-16,22-23H2,1-2H3/t28-,29+/m0/s1. The molecule has 11 nitrogen and oxygen atoms in total. The lowest BCUT2D eigenvalue weighted by atomic mass is 9.93. The molecule has 0 saturated carbocycles. The molecule has 1 aliphatic rings. The van der Waals surface area contributed by atoms with Crippen LogP contribution in [0.3, 0.4) is 0 Å². The van der Waals surface area contributed by atoms with Crippen LogP contribution in [0.5, 0.6) is 5.75 Å². The van der Waals surface area contributed by atoms with Crippen LogP contribution >= 0.6 is 11.6 Å². The van der Waals surface area contributed by atoms with Crippen molar-refractivity contribution < 1.29 is 23.5 Å². The van der Waals surface area contributed by atoms with E-state index in [1.165, 1.54) is 17.2 Å². The van der Waals surface area contributed by atoms with Crippen LogP contribution in [-0.2, 0) is 28.9 Å². The molecule has 2 amide bonds. The van der Waals surface area contributed by atoms with Crippen LogP contribution in [0.15, 0.2) is 85.3 Å². The van der Waals surface area contributed by atoms with E-state index in [9.17, 15) is 14.0 Å². The minimum Gasteiger partial charge on any atom is -0.497 e. The summed E-state index contributed by atoms with van der Waals surface area (Å²) in [6.07, 6.45) is 5.80. The molecule has 3 aromatic heterocycles. The molecule has 0 aliphatic carbocycles. The van der Waals surface area contributed by atoms with Gasteiger partial charge in [0.25, 0.3) is 0 Å². The van der Waals surface area contributed by atoms with Gasteiger partial charge >= 0.3 is 6.09 Å². The first kappa shape index (κ1) is 34.5. The topological polar surface area (TPSA) is 124 Å². The Morgan fingerprint density at radius 2 is 1.84 bits per heavy atom. The number of pyridine rings is 1. The number of hydrogen-bond donors (Lipinski definition) is 1. The lowest BCUT2D eigenvalue weighted by Crippen LogP contribution is -2.44. The third-order valence-electron chi connectivity index (χ3n) is 8.71. The highest BCUT2D eigenvalue weighted by atomic mass is 35.5. The maximum absolute atomic E-state index is 14.4. The molecule has 0 bridgehead atoms. The minimum absolute atomic E-state index is 0.109. The van der Waals surface area contributed by atoms with E-state index in [2.05, 4.69) is 20.5 Å². The highest BCUT2D eigenvalue weighted by molar-refractivity contribution is 6.29. The van der Waals surface area contributed by atoms with Gasteiger partial charge in [-0.2, -0.15) is 15.3 Å². The quantitative estimate of drug-likeness (QED) is 0.102. The van der Waals surface area contributed by atoms with Gasteiger partial charge in [0.15, 0.2) is 11.0 Å². The van der Waals surface area contributed by atoms with Gasteiger partial charge in [0.2, 0.25) is 5.91 Å². The zero-order valence-electron chi connectivity index (χ0n) is 27.8. The fraction of sp³-hybridized carbons (Fsp3) is 0.297. The maximum atomic E-state index is 14.4. The predicted molar refractivity (Wildman–Crippen MR) is 186 cm³/mol. The van der Waals surface area contributed by atoms with E-state index in [0.717, 1.165) is 39.5 Å². The summed E-state index contributed by atoms with van der Waals surface area (Å²) in [6.45, 7) is 3.06. The van der Waals surface area contributed by atoms with Gasteiger partial charge < -0.3 is 14.8 Å². The van der Waals surface area contributed by atoms with E-state index >= 15 is 0 Å². The minimum atomic E-state index is -0.671. The fourth-order valence-corrected chi connectivity index (χ4v) is 6.17. The number of methoxy groups -OCH3 is 1. The number of nitrogens with one attached hydrogen (secondary N) is 1. The number of imide groups is 1. The fourth-order valence-electron chi connectivity index (χ4n) is 6.06. The molecular formula is C37H37ClFN7O4. The van der Waals surface area contributed by atoms with Crippen LogP contribution in [0.25, 0.3) is 11.3 Å². The highest BCUT2D eigenvalue weighted by Gasteiger charge is 2.40. The Bertz CT molecular complexity index is 1940. The summed E-state index contributed by atoms with van der Waals surface area (Å²) in [7, 11) is 1.63. The number of rotatable bonds is 14. The molecule has 5 aromatic rings. The molecule has 0 unspecified atom stereocenters. The van der Waals surface area contributed by atoms with E-state index in [-0.39, 0.29) is 24.1 Å². The maximum Gasteiger partial charge on any atom is 0.416 e. The van der Waals surface area contributed by atoms with Crippen molar-refractivity contribution in [3.63, 3.8) is 0 Å². The molecular weight excluding hydrogens is 661 g/mol. The number of carbonyl (C=O) groups excluding carboxylic acids is 2. The SMILES string of the molecule is COc1ccc(Cn2nc(-c3cnncc3C)cc2NCCC[C@@H](Cc2cnc(Cl)c(F)c2)C(=O)N2C(=O)OC[C@H]2Cc2ccccc2)cc1. The van der Waals surface area contributed by atoms with E-state index < -0.39 is 23.9 Å². The zero-order valence-corrected chi connectivity index (χ0v) is 28.5. The Morgan fingerprint density at radius 3 is 2.58 bits per heavy atom. The van der Waals surface area contributed by atoms with Gasteiger partial charge in [-0.1, -0.05) is 54.1 Å². The Balaban J connectivity index is 1.19. The molecule has 258 valence electrons. The number of amides is 2. The van der Waals surface area contributed by atoms with Crippen molar-refractivity contribution in [2.75, 3.05) is 25.6 Å². The van der Waals surface area contributed by atoms with Crippen LogP contribution in [0.2, 0.25) is 5.15 Å². The second kappa shape index (κ2) is 15.9. The molecule has 1 saturated heterocycles. The monoisotopic (exact) mass is 697 g/mol. The number of ether oxygens (including phenoxy) is 2. The molecule has 4 heterocycles. The molecule has 1 fully saturated rings. The lowest BCUT2D eigenvalue weighted by Gasteiger charge is -2.25. The van der Waals surface area contributed by atoms with Crippen molar-refractivity contribution >= 4 is 29.4 Å². The van der Waals surface area contributed by atoms with E-state index in [0.29, 0.717) is 37.9 Å². The number of carbonyl (C=O) groups is 2. The van der Waals surface area contributed by atoms with E-state index in [4.69, 9.17) is 26.2 Å². The third-order valence-corrected chi connectivity index (χ3v) is 8.99. The van der Waals surface area contributed by atoms with Gasteiger partial charge in [0.05, 0.1) is 37.8 Å². The van der Waals surface area contributed by atoms with Crippen molar-refractivity contribution in [1.82, 2.24) is 29.9 Å². The second-order valence-electron chi connectivity index (χ2n) is 12.2.